The molecule has 1 fully saturated rings. The summed E-state index contributed by atoms with van der Waals surface area (Å²) < 4.78 is 10.6. The fraction of sp³-hybridized carbons (Fsp3) is 0.417. The molecule has 0 bridgehead atoms. The highest BCUT2D eigenvalue weighted by atomic mass is 32.1. The van der Waals surface area contributed by atoms with E-state index in [1.165, 1.54) is 12.8 Å². The second kappa shape index (κ2) is 4.41. The number of fused-ring (bicyclic) bond motifs is 1. The Bertz CT molecular complexity index is 444. The van der Waals surface area contributed by atoms with Gasteiger partial charge in [0.05, 0.1) is 0 Å². The van der Waals surface area contributed by atoms with E-state index in [-0.39, 0.29) is 0 Å². The first-order chi connectivity index (χ1) is 8.33. The molecule has 4 nitrogen and oxygen atoms in total. The van der Waals surface area contributed by atoms with Crippen LogP contribution in [-0.2, 0) is 0 Å². The van der Waals surface area contributed by atoms with Gasteiger partial charge in [0.15, 0.2) is 16.6 Å². The lowest BCUT2D eigenvalue weighted by molar-refractivity contribution is 0.174. The Balaban J connectivity index is 1.70. The van der Waals surface area contributed by atoms with Crippen molar-refractivity contribution >= 4 is 23.0 Å². The van der Waals surface area contributed by atoms with Gasteiger partial charge in [-0.3, -0.25) is 0 Å². The van der Waals surface area contributed by atoms with Crippen LogP contribution in [0.25, 0.3) is 0 Å². The summed E-state index contributed by atoms with van der Waals surface area (Å²) in [5.41, 5.74) is 0.950. The topological polar surface area (TPSA) is 33.7 Å². The van der Waals surface area contributed by atoms with Crippen LogP contribution in [0.2, 0.25) is 0 Å². The molecule has 1 aromatic carbocycles. The van der Waals surface area contributed by atoms with Crippen molar-refractivity contribution in [1.29, 1.82) is 0 Å². The standard InChI is InChI=1S/C12H14N2O2S/c17-12(14-5-1-2-6-14)13-9-3-4-10-11(7-9)16-8-15-10/h3-4,7H,1-2,5-6,8H2,(H,13,17). The van der Waals surface area contributed by atoms with E-state index in [0.29, 0.717) is 6.79 Å². The third-order valence-electron chi connectivity index (χ3n) is 3.02. The molecule has 2 aliphatic heterocycles. The first kappa shape index (κ1) is 10.7. The first-order valence-corrected chi connectivity index (χ1v) is 6.19. The van der Waals surface area contributed by atoms with Crippen molar-refractivity contribution in [3.8, 4) is 11.5 Å². The van der Waals surface area contributed by atoms with Gasteiger partial charge in [0.2, 0.25) is 6.79 Å². The Morgan fingerprint density at radius 1 is 1.18 bits per heavy atom. The molecule has 0 spiro atoms. The van der Waals surface area contributed by atoms with Crippen LogP contribution in [-0.4, -0.2) is 29.9 Å². The summed E-state index contributed by atoms with van der Waals surface area (Å²) in [6, 6.07) is 5.78. The number of ether oxygens (including phenoxy) is 2. The van der Waals surface area contributed by atoms with Crippen LogP contribution in [0.1, 0.15) is 12.8 Å². The van der Waals surface area contributed by atoms with Gasteiger partial charge in [0.25, 0.3) is 0 Å². The van der Waals surface area contributed by atoms with Crippen LogP contribution >= 0.6 is 12.2 Å². The number of likely N-dealkylation sites (tertiary alicyclic amines) is 1. The summed E-state index contributed by atoms with van der Waals surface area (Å²) >= 11 is 5.37. The molecule has 0 radical (unpaired) electrons. The van der Waals surface area contributed by atoms with Crippen LogP contribution in [0.5, 0.6) is 11.5 Å². The quantitative estimate of drug-likeness (QED) is 0.773. The number of nitrogens with one attached hydrogen (secondary N) is 1. The number of hydrogen-bond donors (Lipinski definition) is 1. The van der Waals surface area contributed by atoms with Crippen LogP contribution in [0, 0.1) is 0 Å². The van der Waals surface area contributed by atoms with E-state index < -0.39 is 0 Å². The minimum atomic E-state index is 0.301. The lowest BCUT2D eigenvalue weighted by Crippen LogP contribution is -2.31. The van der Waals surface area contributed by atoms with Gasteiger partial charge in [0.1, 0.15) is 0 Å². The van der Waals surface area contributed by atoms with Crippen molar-refractivity contribution in [3.63, 3.8) is 0 Å². The van der Waals surface area contributed by atoms with Crippen molar-refractivity contribution in [1.82, 2.24) is 4.90 Å². The maximum Gasteiger partial charge on any atom is 0.231 e. The predicted molar refractivity (Wildman–Crippen MR) is 69.6 cm³/mol. The molecule has 1 N–H and O–H groups in total. The Labute approximate surface area is 106 Å². The normalized spacial score (nSPS) is 17.3. The van der Waals surface area contributed by atoms with E-state index in [4.69, 9.17) is 21.7 Å². The van der Waals surface area contributed by atoms with Gasteiger partial charge in [-0.15, -0.1) is 0 Å². The summed E-state index contributed by atoms with van der Waals surface area (Å²) in [4.78, 5) is 2.19. The lowest BCUT2D eigenvalue weighted by atomic mass is 10.3. The Morgan fingerprint density at radius 3 is 2.76 bits per heavy atom. The molecule has 0 aromatic heterocycles. The number of nitrogens with zero attached hydrogens (tertiary/aromatic N) is 1. The van der Waals surface area contributed by atoms with Gasteiger partial charge in [-0.2, -0.15) is 0 Å². The summed E-state index contributed by atoms with van der Waals surface area (Å²) in [5.74, 6) is 1.57. The second-order valence-electron chi connectivity index (χ2n) is 4.19. The SMILES string of the molecule is S=C(Nc1ccc2c(c1)OCO2)N1CCCC1. The third-order valence-corrected chi connectivity index (χ3v) is 3.38. The van der Waals surface area contributed by atoms with E-state index in [1.807, 2.05) is 18.2 Å². The fourth-order valence-electron chi connectivity index (χ4n) is 2.10. The van der Waals surface area contributed by atoms with Gasteiger partial charge in [0, 0.05) is 24.8 Å². The molecular weight excluding hydrogens is 236 g/mol. The molecule has 0 atom stereocenters. The maximum absolute atomic E-state index is 5.37. The Morgan fingerprint density at radius 2 is 1.94 bits per heavy atom. The average molecular weight is 250 g/mol. The monoisotopic (exact) mass is 250 g/mol. The molecule has 2 aliphatic rings. The fourth-order valence-corrected chi connectivity index (χ4v) is 2.40. The maximum atomic E-state index is 5.37. The van der Waals surface area contributed by atoms with Crippen LogP contribution in [0.4, 0.5) is 5.69 Å². The molecule has 1 saturated heterocycles. The third kappa shape index (κ3) is 2.15. The zero-order valence-electron chi connectivity index (χ0n) is 9.44. The summed E-state index contributed by atoms with van der Waals surface area (Å²) in [6.07, 6.45) is 2.45. The average Bonchev–Trinajstić information content (AvgIpc) is 2.99. The number of rotatable bonds is 1. The van der Waals surface area contributed by atoms with Crippen molar-refractivity contribution in [2.24, 2.45) is 0 Å². The molecule has 0 aliphatic carbocycles. The highest BCUT2D eigenvalue weighted by Crippen LogP contribution is 2.34. The summed E-state index contributed by atoms with van der Waals surface area (Å²) in [6.45, 7) is 2.40. The van der Waals surface area contributed by atoms with Crippen LogP contribution < -0.4 is 14.8 Å². The second-order valence-corrected chi connectivity index (χ2v) is 4.58. The van der Waals surface area contributed by atoms with Crippen LogP contribution in [0.15, 0.2) is 18.2 Å². The van der Waals surface area contributed by atoms with Gasteiger partial charge in [-0.25, -0.2) is 0 Å². The Hall–Kier alpha value is -1.49. The molecule has 0 unspecified atom stereocenters. The van der Waals surface area contributed by atoms with Crippen molar-refractivity contribution in [2.45, 2.75) is 12.8 Å². The van der Waals surface area contributed by atoms with Gasteiger partial charge < -0.3 is 19.7 Å². The van der Waals surface area contributed by atoms with E-state index >= 15 is 0 Å². The van der Waals surface area contributed by atoms with E-state index in [2.05, 4.69) is 10.2 Å². The van der Waals surface area contributed by atoms with Gasteiger partial charge in [-0.05, 0) is 37.2 Å². The highest BCUT2D eigenvalue weighted by Gasteiger charge is 2.17. The molecule has 1 aromatic rings. The number of hydrogen-bond acceptors (Lipinski definition) is 3. The van der Waals surface area contributed by atoms with Crippen molar-refractivity contribution in [3.05, 3.63) is 18.2 Å². The molecular formula is C12H14N2O2S. The van der Waals surface area contributed by atoms with E-state index in [1.54, 1.807) is 0 Å². The van der Waals surface area contributed by atoms with Crippen LogP contribution in [0.3, 0.4) is 0 Å². The number of benzene rings is 1. The molecule has 2 heterocycles. The predicted octanol–water partition coefficient (Wildman–Crippen LogP) is 2.21. The minimum absolute atomic E-state index is 0.301. The Kier molecular flexibility index (Phi) is 2.76. The van der Waals surface area contributed by atoms with Gasteiger partial charge >= 0.3 is 0 Å². The molecule has 0 amide bonds. The van der Waals surface area contributed by atoms with Gasteiger partial charge in [-0.1, -0.05) is 0 Å². The first-order valence-electron chi connectivity index (χ1n) is 5.78. The lowest BCUT2D eigenvalue weighted by Gasteiger charge is -2.19. The smallest absolute Gasteiger partial charge is 0.231 e. The highest BCUT2D eigenvalue weighted by molar-refractivity contribution is 7.80. The zero-order valence-corrected chi connectivity index (χ0v) is 10.3. The minimum Gasteiger partial charge on any atom is -0.454 e. The number of thiocarbonyl (C=S) groups is 1. The molecule has 17 heavy (non-hydrogen) atoms. The zero-order chi connectivity index (χ0) is 11.7. The number of anilines is 1. The van der Waals surface area contributed by atoms with Crippen molar-refractivity contribution in [2.75, 3.05) is 25.2 Å². The summed E-state index contributed by atoms with van der Waals surface area (Å²) in [7, 11) is 0. The largest absolute Gasteiger partial charge is 0.454 e. The molecule has 3 rings (SSSR count). The summed E-state index contributed by atoms with van der Waals surface area (Å²) in [5, 5.41) is 4.03. The molecule has 0 saturated carbocycles. The molecule has 5 heteroatoms. The van der Waals surface area contributed by atoms with E-state index in [0.717, 1.165) is 35.4 Å². The molecule has 90 valence electrons. The van der Waals surface area contributed by atoms with E-state index in [9.17, 15) is 0 Å². The van der Waals surface area contributed by atoms with Crippen molar-refractivity contribution < 1.29 is 9.47 Å².